The van der Waals surface area contributed by atoms with Crippen molar-refractivity contribution in [1.82, 2.24) is 4.98 Å². The molecule has 0 aliphatic rings. The van der Waals surface area contributed by atoms with Crippen LogP contribution in [0.1, 0.15) is 15.9 Å². The maximum atomic E-state index is 10.9. The number of rotatable bonds is 2. The molecule has 2 rings (SSSR count). The summed E-state index contributed by atoms with van der Waals surface area (Å²) in [6.45, 7) is 1.84. The zero-order valence-electron chi connectivity index (χ0n) is 9.08. The first-order valence-electron chi connectivity index (χ1n) is 4.99. The van der Waals surface area contributed by atoms with Gasteiger partial charge in [0.2, 0.25) is 0 Å². The van der Waals surface area contributed by atoms with Crippen molar-refractivity contribution in [3.05, 3.63) is 51.6 Å². The zero-order valence-corrected chi connectivity index (χ0v) is 10.6. The Balaban J connectivity index is 2.64. The Morgan fingerprint density at radius 2 is 2.00 bits per heavy atom. The van der Waals surface area contributed by atoms with Gasteiger partial charge in [0, 0.05) is 22.3 Å². The number of hydrogen-bond donors (Lipinski definition) is 0. The van der Waals surface area contributed by atoms with Gasteiger partial charge in [0.15, 0.2) is 0 Å². The van der Waals surface area contributed by atoms with Gasteiger partial charge in [-0.1, -0.05) is 23.2 Å². The van der Waals surface area contributed by atoms with Crippen LogP contribution in [0, 0.1) is 6.92 Å². The lowest BCUT2D eigenvalue weighted by Crippen LogP contribution is -1.94. The highest BCUT2D eigenvalue weighted by atomic mass is 35.5. The minimum atomic E-state index is 0.524. The van der Waals surface area contributed by atoms with Gasteiger partial charge < -0.3 is 0 Å². The fourth-order valence-corrected chi connectivity index (χ4v) is 2.13. The lowest BCUT2D eigenvalue weighted by Gasteiger charge is -2.08. The summed E-state index contributed by atoms with van der Waals surface area (Å²) in [6.07, 6.45) is 2.40. The molecule has 1 heterocycles. The second-order valence-electron chi connectivity index (χ2n) is 3.62. The Labute approximate surface area is 109 Å². The molecule has 0 fully saturated rings. The monoisotopic (exact) mass is 265 g/mol. The number of aldehydes is 1. The highest BCUT2D eigenvalue weighted by Crippen LogP contribution is 2.31. The Kier molecular flexibility index (Phi) is 3.46. The molecule has 2 aromatic rings. The normalized spacial score (nSPS) is 10.3. The van der Waals surface area contributed by atoms with Gasteiger partial charge in [-0.15, -0.1) is 0 Å². The molecule has 0 amide bonds. The van der Waals surface area contributed by atoms with E-state index in [1.54, 1.807) is 30.5 Å². The number of halogens is 2. The molecule has 0 atom stereocenters. The summed E-state index contributed by atoms with van der Waals surface area (Å²) >= 11 is 12.0. The van der Waals surface area contributed by atoms with Crippen LogP contribution in [-0.2, 0) is 0 Å². The van der Waals surface area contributed by atoms with E-state index in [2.05, 4.69) is 4.98 Å². The Hall–Kier alpha value is -1.38. The maximum absolute atomic E-state index is 10.9. The maximum Gasteiger partial charge on any atom is 0.150 e. The highest BCUT2D eigenvalue weighted by molar-refractivity contribution is 6.36. The van der Waals surface area contributed by atoms with Crippen molar-refractivity contribution in [1.29, 1.82) is 0 Å². The van der Waals surface area contributed by atoms with Crippen molar-refractivity contribution >= 4 is 29.5 Å². The van der Waals surface area contributed by atoms with Crippen LogP contribution < -0.4 is 0 Å². The van der Waals surface area contributed by atoms with Crippen molar-refractivity contribution in [3.8, 4) is 11.3 Å². The quantitative estimate of drug-likeness (QED) is 0.763. The van der Waals surface area contributed by atoms with Gasteiger partial charge in [0.25, 0.3) is 0 Å². The third-order valence-electron chi connectivity index (χ3n) is 2.56. The minimum Gasteiger partial charge on any atom is -0.298 e. The largest absolute Gasteiger partial charge is 0.298 e. The van der Waals surface area contributed by atoms with Crippen LogP contribution in [0.3, 0.4) is 0 Å². The molecule has 2 nitrogen and oxygen atoms in total. The van der Waals surface area contributed by atoms with Gasteiger partial charge in [-0.2, -0.15) is 0 Å². The van der Waals surface area contributed by atoms with E-state index in [1.807, 2.05) is 6.92 Å². The first-order chi connectivity index (χ1) is 8.13. The summed E-state index contributed by atoms with van der Waals surface area (Å²) in [7, 11) is 0. The summed E-state index contributed by atoms with van der Waals surface area (Å²) in [5.74, 6) is 0. The molecular formula is C13H9Cl2NO. The van der Waals surface area contributed by atoms with Gasteiger partial charge >= 0.3 is 0 Å². The average molecular weight is 266 g/mol. The number of carbonyl (C=O) groups excluding carboxylic acids is 1. The second-order valence-corrected chi connectivity index (χ2v) is 4.46. The molecule has 0 aliphatic carbocycles. The number of hydrogen-bond acceptors (Lipinski definition) is 2. The van der Waals surface area contributed by atoms with Crippen molar-refractivity contribution in [2.24, 2.45) is 0 Å². The number of nitrogens with zero attached hydrogens (tertiary/aromatic N) is 1. The molecule has 1 aromatic heterocycles. The van der Waals surface area contributed by atoms with Crippen LogP contribution in [0.2, 0.25) is 10.0 Å². The summed E-state index contributed by atoms with van der Waals surface area (Å²) in [6, 6.07) is 6.88. The number of carbonyl (C=O) groups is 1. The average Bonchev–Trinajstić information content (AvgIpc) is 2.30. The van der Waals surface area contributed by atoms with Crippen molar-refractivity contribution < 1.29 is 4.79 Å². The fourth-order valence-electron chi connectivity index (χ4n) is 1.63. The molecule has 0 spiro atoms. The Morgan fingerprint density at radius 1 is 1.24 bits per heavy atom. The van der Waals surface area contributed by atoms with Crippen molar-refractivity contribution in [2.75, 3.05) is 0 Å². The Bertz CT molecular complexity index is 582. The van der Waals surface area contributed by atoms with Crippen LogP contribution in [-0.4, -0.2) is 11.3 Å². The first kappa shape index (κ1) is 12.1. The van der Waals surface area contributed by atoms with E-state index in [4.69, 9.17) is 23.2 Å². The van der Waals surface area contributed by atoms with Crippen LogP contribution in [0.4, 0.5) is 0 Å². The molecule has 17 heavy (non-hydrogen) atoms. The van der Waals surface area contributed by atoms with E-state index < -0.39 is 0 Å². The molecule has 0 saturated heterocycles. The SMILES string of the molecule is Cc1c(C=O)ccnc1-c1ccc(Cl)cc1Cl. The summed E-state index contributed by atoms with van der Waals surface area (Å²) in [4.78, 5) is 15.1. The minimum absolute atomic E-state index is 0.524. The first-order valence-corrected chi connectivity index (χ1v) is 5.75. The molecule has 0 saturated carbocycles. The third kappa shape index (κ3) is 2.33. The zero-order chi connectivity index (χ0) is 12.4. The Morgan fingerprint density at radius 3 is 2.65 bits per heavy atom. The lowest BCUT2D eigenvalue weighted by atomic mass is 10.0. The van der Waals surface area contributed by atoms with Crippen LogP contribution >= 0.6 is 23.2 Å². The molecule has 4 heteroatoms. The summed E-state index contributed by atoms with van der Waals surface area (Å²) in [5.41, 5.74) is 2.90. The molecule has 86 valence electrons. The summed E-state index contributed by atoms with van der Waals surface area (Å²) < 4.78 is 0. The molecule has 0 aliphatic heterocycles. The smallest absolute Gasteiger partial charge is 0.150 e. The van der Waals surface area contributed by atoms with Gasteiger partial charge in [-0.25, -0.2) is 0 Å². The molecule has 0 unspecified atom stereocenters. The van der Waals surface area contributed by atoms with Gasteiger partial charge in [-0.3, -0.25) is 9.78 Å². The van der Waals surface area contributed by atoms with E-state index in [1.165, 1.54) is 0 Å². The summed E-state index contributed by atoms with van der Waals surface area (Å²) in [5, 5.41) is 1.10. The number of pyridine rings is 1. The van der Waals surface area contributed by atoms with Gasteiger partial charge in [-0.05, 0) is 36.8 Å². The van der Waals surface area contributed by atoms with E-state index >= 15 is 0 Å². The topological polar surface area (TPSA) is 30.0 Å². The second kappa shape index (κ2) is 4.86. The fraction of sp³-hybridized carbons (Fsp3) is 0.0769. The molecule has 0 bridgehead atoms. The van der Waals surface area contributed by atoms with E-state index in [9.17, 15) is 4.79 Å². The van der Waals surface area contributed by atoms with Crippen LogP contribution in [0.15, 0.2) is 30.5 Å². The number of benzene rings is 1. The predicted octanol–water partition coefficient (Wildman–Crippen LogP) is 4.18. The molecule has 1 aromatic carbocycles. The standard InChI is InChI=1S/C13H9Cl2NO/c1-8-9(7-17)4-5-16-13(8)11-3-2-10(14)6-12(11)15/h2-7H,1H3. The van der Waals surface area contributed by atoms with Crippen LogP contribution in [0.5, 0.6) is 0 Å². The molecule has 0 radical (unpaired) electrons. The predicted molar refractivity (Wildman–Crippen MR) is 69.8 cm³/mol. The van der Waals surface area contributed by atoms with Crippen molar-refractivity contribution in [2.45, 2.75) is 6.92 Å². The van der Waals surface area contributed by atoms with E-state index in [0.717, 1.165) is 17.4 Å². The lowest BCUT2D eigenvalue weighted by molar-refractivity contribution is 0.112. The van der Waals surface area contributed by atoms with Gasteiger partial charge in [0.05, 0.1) is 10.7 Å². The number of aromatic nitrogens is 1. The van der Waals surface area contributed by atoms with Gasteiger partial charge in [0.1, 0.15) is 6.29 Å². The molecular weight excluding hydrogens is 257 g/mol. The highest BCUT2D eigenvalue weighted by Gasteiger charge is 2.10. The van der Waals surface area contributed by atoms with E-state index in [-0.39, 0.29) is 0 Å². The molecule has 0 N–H and O–H groups in total. The third-order valence-corrected chi connectivity index (χ3v) is 3.11. The van der Waals surface area contributed by atoms with Crippen LogP contribution in [0.25, 0.3) is 11.3 Å². The van der Waals surface area contributed by atoms with Crippen molar-refractivity contribution in [3.63, 3.8) is 0 Å². The van der Waals surface area contributed by atoms with E-state index in [0.29, 0.717) is 21.3 Å².